The number of nitrogens with zero attached hydrogens (tertiary/aromatic N) is 3. The van der Waals surface area contributed by atoms with Crippen molar-refractivity contribution in [2.24, 2.45) is 0 Å². The molecule has 1 rings (SSSR count). The van der Waals surface area contributed by atoms with Gasteiger partial charge in [-0.15, -0.1) is 0 Å². The normalized spacial score (nSPS) is 11.6. The van der Waals surface area contributed by atoms with Gasteiger partial charge in [-0.3, -0.25) is 0 Å². The fourth-order valence-electron chi connectivity index (χ4n) is 0.615. The zero-order valence-corrected chi connectivity index (χ0v) is 5.98. The predicted molar refractivity (Wildman–Crippen MR) is 37.0 cm³/mol. The molecule has 0 saturated heterocycles. The summed E-state index contributed by atoms with van der Waals surface area (Å²) >= 11 is 0. The van der Waals surface area contributed by atoms with Gasteiger partial charge in [0.1, 0.15) is 18.9 Å². The Bertz CT molecular complexity index is 215. The summed E-state index contributed by atoms with van der Waals surface area (Å²) in [6.07, 6.45) is 4.70. The number of rotatable bonds is 2. The molecule has 0 saturated carbocycles. The topological polar surface area (TPSA) is 39.9 Å². The Hall–Kier alpha value is -1.32. The Kier molecular flexibility index (Phi) is 2.04. The highest BCUT2D eigenvalue weighted by Gasteiger charge is 1.90. The molecule has 1 aromatic rings. The Labute approximate surface area is 59.1 Å². The Morgan fingerprint density at radius 2 is 2.50 bits per heavy atom. The third-order valence-corrected chi connectivity index (χ3v) is 1.07. The minimum absolute atomic E-state index is 0.903. The van der Waals surface area contributed by atoms with Crippen LogP contribution in [0.25, 0.3) is 5.70 Å². The molecule has 0 aliphatic carbocycles. The van der Waals surface area contributed by atoms with E-state index in [1.54, 1.807) is 24.4 Å². The van der Waals surface area contributed by atoms with Gasteiger partial charge < -0.3 is 4.74 Å². The summed E-state index contributed by atoms with van der Waals surface area (Å²) in [7, 11) is 1.60. The number of hydrogen-bond donors (Lipinski definition) is 0. The van der Waals surface area contributed by atoms with Crippen molar-refractivity contribution in [3.63, 3.8) is 0 Å². The maximum atomic E-state index is 4.78. The maximum Gasteiger partial charge on any atom is 0.138 e. The van der Waals surface area contributed by atoms with E-state index in [0.717, 1.165) is 5.70 Å². The third kappa shape index (κ3) is 1.34. The van der Waals surface area contributed by atoms with Crippen LogP contribution >= 0.6 is 0 Å². The van der Waals surface area contributed by atoms with Gasteiger partial charge in [-0.2, -0.15) is 5.10 Å². The van der Waals surface area contributed by atoms with E-state index in [9.17, 15) is 0 Å². The van der Waals surface area contributed by atoms with Crippen LogP contribution in [0, 0.1) is 0 Å². The van der Waals surface area contributed by atoms with Gasteiger partial charge in [0.25, 0.3) is 0 Å². The molecule has 0 unspecified atom stereocenters. The summed E-state index contributed by atoms with van der Waals surface area (Å²) < 4.78 is 6.41. The van der Waals surface area contributed by atoms with Gasteiger partial charge >= 0.3 is 0 Å². The largest absolute Gasteiger partial charge is 0.502 e. The van der Waals surface area contributed by atoms with Gasteiger partial charge in [0.15, 0.2) is 0 Å². The fraction of sp³-hybridized carbons (Fsp3) is 0.333. The first kappa shape index (κ1) is 6.80. The molecule has 1 aromatic heterocycles. The molecule has 1 heterocycles. The molecule has 0 bridgehead atoms. The third-order valence-electron chi connectivity index (χ3n) is 1.07. The van der Waals surface area contributed by atoms with E-state index in [0.29, 0.717) is 0 Å². The van der Waals surface area contributed by atoms with Crippen molar-refractivity contribution in [1.29, 1.82) is 0 Å². The van der Waals surface area contributed by atoms with Gasteiger partial charge in [-0.05, 0) is 6.92 Å². The number of aromatic nitrogens is 3. The molecular weight excluding hydrogens is 130 g/mol. The van der Waals surface area contributed by atoms with E-state index in [1.165, 1.54) is 6.33 Å². The van der Waals surface area contributed by atoms with Crippen LogP contribution in [0.3, 0.4) is 0 Å². The van der Waals surface area contributed by atoms with Crippen LogP contribution < -0.4 is 0 Å². The number of methoxy groups -OCH3 is 1. The quantitative estimate of drug-likeness (QED) is 0.567. The second-order valence-electron chi connectivity index (χ2n) is 1.83. The lowest BCUT2D eigenvalue weighted by molar-refractivity contribution is 0.337. The Morgan fingerprint density at radius 1 is 1.70 bits per heavy atom. The standard InChI is InChI=1S/C6H9N3O/c1-6(3-10-2)9-5-7-4-8-9/h3-5H,1-2H3. The van der Waals surface area contributed by atoms with E-state index in [2.05, 4.69) is 10.1 Å². The highest BCUT2D eigenvalue weighted by atomic mass is 16.5. The summed E-state index contributed by atoms with van der Waals surface area (Å²) in [6.45, 7) is 1.89. The lowest BCUT2D eigenvalue weighted by Crippen LogP contribution is -1.93. The fourth-order valence-corrected chi connectivity index (χ4v) is 0.615. The first-order valence-electron chi connectivity index (χ1n) is 2.89. The zero-order chi connectivity index (χ0) is 7.40. The number of ether oxygens (including phenoxy) is 1. The molecule has 0 atom stereocenters. The highest BCUT2D eigenvalue weighted by molar-refractivity contribution is 5.37. The number of allylic oxidation sites excluding steroid dienone is 1. The van der Waals surface area contributed by atoms with Crippen molar-refractivity contribution in [2.75, 3.05) is 7.11 Å². The van der Waals surface area contributed by atoms with E-state index in [1.807, 2.05) is 6.92 Å². The van der Waals surface area contributed by atoms with Crippen LogP contribution in [0.2, 0.25) is 0 Å². The second kappa shape index (κ2) is 3.00. The molecule has 0 radical (unpaired) electrons. The van der Waals surface area contributed by atoms with Crippen molar-refractivity contribution in [1.82, 2.24) is 14.8 Å². The monoisotopic (exact) mass is 139 g/mol. The summed E-state index contributed by atoms with van der Waals surface area (Å²) in [5.41, 5.74) is 0.903. The van der Waals surface area contributed by atoms with E-state index < -0.39 is 0 Å². The first-order chi connectivity index (χ1) is 4.84. The summed E-state index contributed by atoms with van der Waals surface area (Å²) in [5, 5.41) is 3.89. The second-order valence-corrected chi connectivity index (χ2v) is 1.83. The van der Waals surface area contributed by atoms with Crippen molar-refractivity contribution in [3.05, 3.63) is 18.9 Å². The first-order valence-corrected chi connectivity index (χ1v) is 2.89. The molecule has 4 nitrogen and oxygen atoms in total. The van der Waals surface area contributed by atoms with Crippen LogP contribution in [-0.4, -0.2) is 21.9 Å². The SMILES string of the molecule is COC=C(C)n1cncn1. The molecule has 0 N–H and O–H groups in total. The van der Waals surface area contributed by atoms with Crippen molar-refractivity contribution < 1.29 is 4.74 Å². The number of hydrogen-bond acceptors (Lipinski definition) is 3. The lowest BCUT2D eigenvalue weighted by Gasteiger charge is -1.96. The Balaban J connectivity index is 2.77. The average molecular weight is 139 g/mol. The molecule has 4 heteroatoms. The van der Waals surface area contributed by atoms with Crippen LogP contribution in [0.15, 0.2) is 18.9 Å². The summed E-state index contributed by atoms with van der Waals surface area (Å²) in [4.78, 5) is 3.78. The summed E-state index contributed by atoms with van der Waals surface area (Å²) in [5.74, 6) is 0. The molecule has 0 aliphatic rings. The minimum atomic E-state index is 0.903. The van der Waals surface area contributed by atoms with E-state index in [4.69, 9.17) is 4.74 Å². The maximum absolute atomic E-state index is 4.78. The van der Waals surface area contributed by atoms with Crippen LogP contribution in [-0.2, 0) is 4.74 Å². The molecule has 0 aromatic carbocycles. The summed E-state index contributed by atoms with van der Waals surface area (Å²) in [6, 6.07) is 0. The molecule has 0 amide bonds. The smallest absolute Gasteiger partial charge is 0.138 e. The van der Waals surface area contributed by atoms with Gasteiger partial charge in [0.05, 0.1) is 12.8 Å². The Morgan fingerprint density at radius 3 is 3.00 bits per heavy atom. The molecular formula is C6H9N3O. The van der Waals surface area contributed by atoms with Gasteiger partial charge in [-0.1, -0.05) is 0 Å². The molecule has 0 aliphatic heterocycles. The molecule has 0 fully saturated rings. The van der Waals surface area contributed by atoms with Gasteiger partial charge in [-0.25, -0.2) is 9.67 Å². The van der Waals surface area contributed by atoms with Crippen molar-refractivity contribution in [3.8, 4) is 0 Å². The zero-order valence-electron chi connectivity index (χ0n) is 5.98. The lowest BCUT2D eigenvalue weighted by atomic mass is 10.6. The highest BCUT2D eigenvalue weighted by Crippen LogP contribution is 1.97. The van der Waals surface area contributed by atoms with Gasteiger partial charge in [0.2, 0.25) is 0 Å². The molecule has 0 spiro atoms. The molecule has 54 valence electrons. The van der Waals surface area contributed by atoms with E-state index >= 15 is 0 Å². The molecule has 10 heavy (non-hydrogen) atoms. The van der Waals surface area contributed by atoms with Crippen LogP contribution in [0.5, 0.6) is 0 Å². The van der Waals surface area contributed by atoms with Gasteiger partial charge in [0, 0.05) is 0 Å². The van der Waals surface area contributed by atoms with Crippen LogP contribution in [0.4, 0.5) is 0 Å². The van der Waals surface area contributed by atoms with Crippen LogP contribution in [0.1, 0.15) is 6.92 Å². The minimum Gasteiger partial charge on any atom is -0.502 e. The average Bonchev–Trinajstić information content (AvgIpc) is 2.38. The van der Waals surface area contributed by atoms with E-state index in [-0.39, 0.29) is 0 Å². The predicted octanol–water partition coefficient (Wildman–Crippen LogP) is 0.743. The van der Waals surface area contributed by atoms with Crippen molar-refractivity contribution in [2.45, 2.75) is 6.92 Å². The van der Waals surface area contributed by atoms with Crippen molar-refractivity contribution >= 4 is 5.70 Å².